The highest BCUT2D eigenvalue weighted by Crippen LogP contribution is 2.38. The van der Waals surface area contributed by atoms with Crippen LogP contribution in [0.3, 0.4) is 0 Å². The Labute approximate surface area is 136 Å². The van der Waals surface area contributed by atoms with Crippen LogP contribution in [0.25, 0.3) is 11.2 Å². The molecular weight excluding hydrogens is 316 g/mol. The first-order valence-electron chi connectivity index (χ1n) is 7.26. The first-order chi connectivity index (χ1) is 11.3. The highest BCUT2D eigenvalue weighted by atomic mass is 16.5. The number of nitrogens with zero attached hydrogens (tertiary/aromatic N) is 3. The third-order valence-electron chi connectivity index (χ3n) is 4.02. The van der Waals surface area contributed by atoms with E-state index in [1.165, 1.54) is 17.8 Å². The second kappa shape index (κ2) is 5.57. The highest BCUT2D eigenvalue weighted by molar-refractivity contribution is 5.70. The van der Waals surface area contributed by atoms with Gasteiger partial charge in [0.15, 0.2) is 22.9 Å². The number of aliphatic hydroxyl groups excluding tert-OH is 2. The molecule has 1 fully saturated rings. The maximum atomic E-state index is 11.9. The maximum absolute atomic E-state index is 11.9. The molecule has 0 spiro atoms. The molecule has 2 aromatic heterocycles. The normalized spacial score (nSPS) is 31.0. The van der Waals surface area contributed by atoms with E-state index in [9.17, 15) is 15.0 Å². The summed E-state index contributed by atoms with van der Waals surface area (Å²) in [5.74, 6) is 5.30. The zero-order valence-electron chi connectivity index (χ0n) is 13.1. The number of imidazole rings is 1. The monoisotopic (exact) mass is 334 g/mol. The van der Waals surface area contributed by atoms with Gasteiger partial charge in [-0.25, -0.2) is 4.98 Å². The number of aliphatic hydroxyl groups is 2. The molecule has 7 N–H and O–H groups in total. The summed E-state index contributed by atoms with van der Waals surface area (Å²) < 4.78 is 7.12. The van der Waals surface area contributed by atoms with Crippen molar-refractivity contribution in [2.24, 2.45) is 5.73 Å². The Morgan fingerprint density at radius 2 is 2.29 bits per heavy atom. The Kier molecular flexibility index (Phi) is 3.81. The molecule has 0 amide bonds. The third-order valence-corrected chi connectivity index (χ3v) is 4.02. The van der Waals surface area contributed by atoms with Gasteiger partial charge in [-0.1, -0.05) is 5.92 Å². The minimum Gasteiger partial charge on any atom is -0.391 e. The van der Waals surface area contributed by atoms with Gasteiger partial charge in [0.25, 0.3) is 5.56 Å². The second-order valence-corrected chi connectivity index (χ2v) is 5.72. The number of aromatic amines is 1. The highest BCUT2D eigenvalue weighted by Gasteiger charge is 2.55. The van der Waals surface area contributed by atoms with Crippen LogP contribution in [0.15, 0.2) is 11.1 Å². The predicted octanol–water partition coefficient (Wildman–Crippen LogP) is -1.94. The molecule has 0 saturated carbocycles. The molecule has 1 unspecified atom stereocenters. The number of rotatable bonds is 2. The molecule has 0 aliphatic carbocycles. The lowest BCUT2D eigenvalue weighted by Gasteiger charge is -2.27. The zero-order chi connectivity index (χ0) is 17.6. The fourth-order valence-corrected chi connectivity index (χ4v) is 2.89. The minimum atomic E-state index is -1.52. The summed E-state index contributed by atoms with van der Waals surface area (Å²) >= 11 is 0. The number of hydrogen-bond donors (Lipinski definition) is 5. The van der Waals surface area contributed by atoms with Gasteiger partial charge in [0.1, 0.15) is 12.2 Å². The third kappa shape index (κ3) is 2.26. The molecule has 0 radical (unpaired) electrons. The summed E-state index contributed by atoms with van der Waals surface area (Å²) in [6.07, 6.45) is -2.90. The zero-order valence-corrected chi connectivity index (χ0v) is 13.1. The van der Waals surface area contributed by atoms with Crippen LogP contribution in [-0.2, 0) is 4.74 Å². The smallest absolute Gasteiger partial charge is 0.280 e. The summed E-state index contributed by atoms with van der Waals surface area (Å²) in [5.41, 5.74) is 10.0. The molecule has 3 heterocycles. The molecule has 1 saturated heterocycles. The molecule has 2 aromatic rings. The van der Waals surface area contributed by atoms with Gasteiger partial charge >= 0.3 is 0 Å². The molecule has 0 bridgehead atoms. The first-order valence-corrected chi connectivity index (χ1v) is 7.26. The van der Waals surface area contributed by atoms with Crippen LogP contribution in [-0.4, -0.2) is 53.6 Å². The number of fused-ring (bicyclic) bond motifs is 1. The topological polar surface area (TPSA) is 165 Å². The van der Waals surface area contributed by atoms with E-state index >= 15 is 0 Å². The molecule has 10 nitrogen and oxygen atoms in total. The number of H-pyrrole nitrogens is 1. The van der Waals surface area contributed by atoms with Crippen molar-refractivity contribution in [2.75, 3.05) is 5.73 Å². The number of nitrogen functional groups attached to an aromatic ring is 1. The van der Waals surface area contributed by atoms with E-state index in [1.54, 1.807) is 6.92 Å². The van der Waals surface area contributed by atoms with Crippen LogP contribution in [0.4, 0.5) is 5.95 Å². The van der Waals surface area contributed by atoms with E-state index in [0.717, 1.165) is 0 Å². The summed E-state index contributed by atoms with van der Waals surface area (Å²) in [5, 5.41) is 20.3. The van der Waals surface area contributed by atoms with Crippen LogP contribution in [0.1, 0.15) is 20.1 Å². The predicted molar refractivity (Wildman–Crippen MR) is 84.5 cm³/mol. The van der Waals surface area contributed by atoms with Crippen LogP contribution < -0.4 is 17.0 Å². The van der Waals surface area contributed by atoms with Gasteiger partial charge in [-0.3, -0.25) is 14.3 Å². The van der Waals surface area contributed by atoms with Crippen molar-refractivity contribution in [2.45, 2.75) is 43.9 Å². The van der Waals surface area contributed by atoms with Crippen molar-refractivity contribution >= 4 is 17.1 Å². The van der Waals surface area contributed by atoms with Crippen molar-refractivity contribution in [3.05, 3.63) is 16.7 Å². The summed E-state index contributed by atoms with van der Waals surface area (Å²) in [6.45, 7) is 3.05. The van der Waals surface area contributed by atoms with Crippen LogP contribution in [0.5, 0.6) is 0 Å². The lowest BCUT2D eigenvalue weighted by molar-refractivity contribution is -0.0756. The van der Waals surface area contributed by atoms with Gasteiger partial charge in [-0.15, -0.1) is 5.92 Å². The van der Waals surface area contributed by atoms with Crippen LogP contribution >= 0.6 is 0 Å². The number of aromatic nitrogens is 4. The molecule has 24 heavy (non-hydrogen) atoms. The molecule has 1 aliphatic heterocycles. The number of nitrogens with one attached hydrogen (secondary N) is 1. The summed E-state index contributed by atoms with van der Waals surface area (Å²) in [4.78, 5) is 22.3. The Hall–Kier alpha value is -2.45. The SMILES string of the molecule is CC#C[C@@]1(N)C(O)[C@@H]([C@H](C)O)O[C@H]1n1cnc2c(=O)[nH]c(N)nc21. The Balaban J connectivity index is 2.20. The molecule has 128 valence electrons. The Bertz CT molecular complexity index is 894. The second-order valence-electron chi connectivity index (χ2n) is 5.72. The Morgan fingerprint density at radius 1 is 1.58 bits per heavy atom. The van der Waals surface area contributed by atoms with Crippen molar-refractivity contribution in [1.29, 1.82) is 0 Å². The van der Waals surface area contributed by atoms with E-state index < -0.39 is 35.6 Å². The molecule has 3 rings (SSSR count). The van der Waals surface area contributed by atoms with Crippen molar-refractivity contribution < 1.29 is 14.9 Å². The average molecular weight is 334 g/mol. The summed E-state index contributed by atoms with van der Waals surface area (Å²) in [7, 11) is 0. The standard InChI is InChI=1S/C14H18N6O4/c1-3-4-14(16)9(22)8(6(2)21)24-12(14)20-5-17-7-10(20)18-13(15)19-11(7)23/h5-6,8-9,12,21-22H,16H2,1-2H3,(H3,15,18,19,23)/t6-,8+,9?,12+,14+/m0/s1. The van der Waals surface area contributed by atoms with E-state index in [1.807, 2.05) is 0 Å². The number of anilines is 1. The van der Waals surface area contributed by atoms with Gasteiger partial charge in [0, 0.05) is 0 Å². The van der Waals surface area contributed by atoms with Crippen molar-refractivity contribution in [1.82, 2.24) is 19.5 Å². The first kappa shape index (κ1) is 16.4. The lowest BCUT2D eigenvalue weighted by atomic mass is 9.90. The van der Waals surface area contributed by atoms with Gasteiger partial charge in [0.05, 0.1) is 12.4 Å². The molecule has 5 atom stereocenters. The number of ether oxygens (including phenoxy) is 1. The molecule has 10 heteroatoms. The Morgan fingerprint density at radius 3 is 2.92 bits per heavy atom. The molecular formula is C14H18N6O4. The van der Waals surface area contributed by atoms with E-state index in [0.29, 0.717) is 0 Å². The van der Waals surface area contributed by atoms with Gasteiger partial charge in [-0.2, -0.15) is 4.98 Å². The number of nitrogens with two attached hydrogens (primary N) is 2. The average Bonchev–Trinajstić information content (AvgIpc) is 3.00. The number of hydrogen-bond acceptors (Lipinski definition) is 8. The fourth-order valence-electron chi connectivity index (χ4n) is 2.89. The van der Waals surface area contributed by atoms with Crippen molar-refractivity contribution in [3.63, 3.8) is 0 Å². The molecule has 0 aromatic carbocycles. The van der Waals surface area contributed by atoms with E-state index in [2.05, 4.69) is 26.8 Å². The van der Waals surface area contributed by atoms with Crippen molar-refractivity contribution in [3.8, 4) is 11.8 Å². The summed E-state index contributed by atoms with van der Waals surface area (Å²) in [6, 6.07) is 0. The largest absolute Gasteiger partial charge is 0.391 e. The van der Waals surface area contributed by atoms with Gasteiger partial charge < -0.3 is 26.4 Å². The quantitative estimate of drug-likeness (QED) is 0.396. The fraction of sp³-hybridized carbons (Fsp3) is 0.500. The van der Waals surface area contributed by atoms with Gasteiger partial charge in [-0.05, 0) is 13.8 Å². The van der Waals surface area contributed by atoms with Gasteiger partial charge in [0.2, 0.25) is 5.95 Å². The minimum absolute atomic E-state index is 0.0506. The molecule has 1 aliphatic rings. The van der Waals surface area contributed by atoms with Crippen LogP contribution in [0.2, 0.25) is 0 Å². The van der Waals surface area contributed by atoms with Crippen LogP contribution in [0, 0.1) is 11.8 Å². The maximum Gasteiger partial charge on any atom is 0.280 e. The lowest BCUT2D eigenvalue weighted by Crippen LogP contribution is -2.54. The van der Waals surface area contributed by atoms with E-state index in [4.69, 9.17) is 16.2 Å². The van der Waals surface area contributed by atoms with E-state index in [-0.39, 0.29) is 17.1 Å².